The SMILES string of the molecule is CC1=CS/C(=C2/SC(=S)N(C)C2=O)N1c1ccc(C)cc1. The van der Waals surface area contributed by atoms with Crippen LogP contribution >= 0.6 is 35.7 Å². The quantitative estimate of drug-likeness (QED) is 0.569. The zero-order valence-corrected chi connectivity index (χ0v) is 14.4. The third-order valence-electron chi connectivity index (χ3n) is 3.35. The van der Waals surface area contributed by atoms with E-state index in [1.807, 2.05) is 6.92 Å². The molecule has 2 aliphatic heterocycles. The third-order valence-corrected chi connectivity index (χ3v) is 6.09. The molecule has 0 atom stereocenters. The van der Waals surface area contributed by atoms with Gasteiger partial charge in [0.1, 0.15) is 14.3 Å². The van der Waals surface area contributed by atoms with E-state index in [1.54, 1.807) is 18.8 Å². The summed E-state index contributed by atoms with van der Waals surface area (Å²) in [6, 6.07) is 8.30. The highest BCUT2D eigenvalue weighted by molar-refractivity contribution is 8.27. The van der Waals surface area contributed by atoms with Crippen LogP contribution in [0.1, 0.15) is 12.5 Å². The van der Waals surface area contributed by atoms with Gasteiger partial charge in [0.2, 0.25) is 0 Å². The summed E-state index contributed by atoms with van der Waals surface area (Å²) in [5.41, 5.74) is 3.39. The zero-order valence-electron chi connectivity index (χ0n) is 11.9. The molecule has 1 saturated heterocycles. The van der Waals surface area contributed by atoms with Crippen LogP contribution in [0, 0.1) is 6.92 Å². The van der Waals surface area contributed by atoms with E-state index in [0.29, 0.717) is 9.23 Å². The van der Waals surface area contributed by atoms with E-state index in [4.69, 9.17) is 12.2 Å². The van der Waals surface area contributed by atoms with Gasteiger partial charge in [0.05, 0.1) is 0 Å². The fraction of sp³-hybridized carbons (Fsp3) is 0.200. The molecule has 2 aliphatic rings. The van der Waals surface area contributed by atoms with Crippen molar-refractivity contribution in [3.05, 3.63) is 50.9 Å². The van der Waals surface area contributed by atoms with E-state index < -0.39 is 0 Å². The molecule has 1 fully saturated rings. The summed E-state index contributed by atoms with van der Waals surface area (Å²) >= 11 is 8.17. The van der Waals surface area contributed by atoms with Gasteiger partial charge in [0.15, 0.2) is 0 Å². The molecule has 2 heterocycles. The van der Waals surface area contributed by atoms with Crippen molar-refractivity contribution in [2.75, 3.05) is 11.9 Å². The van der Waals surface area contributed by atoms with Gasteiger partial charge in [-0.2, -0.15) is 0 Å². The number of hydrogen-bond donors (Lipinski definition) is 0. The van der Waals surface area contributed by atoms with Crippen molar-refractivity contribution >= 4 is 51.7 Å². The van der Waals surface area contributed by atoms with E-state index in [2.05, 4.69) is 41.5 Å². The molecule has 0 spiro atoms. The molecule has 0 saturated carbocycles. The van der Waals surface area contributed by atoms with Crippen LogP contribution in [0.15, 0.2) is 45.3 Å². The molecular weight excluding hydrogens is 320 g/mol. The average molecular weight is 334 g/mol. The smallest absolute Gasteiger partial charge is 0.268 e. The first kappa shape index (κ1) is 14.7. The Morgan fingerprint density at radius 3 is 2.38 bits per heavy atom. The Morgan fingerprint density at radius 1 is 1.14 bits per heavy atom. The largest absolute Gasteiger partial charge is 0.307 e. The highest BCUT2D eigenvalue weighted by Crippen LogP contribution is 2.45. The second-order valence-electron chi connectivity index (χ2n) is 4.91. The number of thioether (sulfide) groups is 2. The summed E-state index contributed by atoms with van der Waals surface area (Å²) in [6.07, 6.45) is 0. The number of allylic oxidation sites excluding steroid dienone is 1. The Balaban J connectivity index is 2.06. The highest BCUT2D eigenvalue weighted by atomic mass is 32.2. The molecule has 21 heavy (non-hydrogen) atoms. The fourth-order valence-electron chi connectivity index (χ4n) is 2.15. The normalized spacial score (nSPS) is 22.3. The van der Waals surface area contributed by atoms with E-state index in [9.17, 15) is 4.79 Å². The number of benzene rings is 1. The van der Waals surface area contributed by atoms with Gasteiger partial charge >= 0.3 is 0 Å². The molecular formula is C15H14N2OS3. The monoisotopic (exact) mass is 334 g/mol. The maximum atomic E-state index is 12.3. The number of thiocarbonyl (C=S) groups is 1. The number of amides is 1. The molecule has 6 heteroatoms. The lowest BCUT2D eigenvalue weighted by atomic mass is 10.2. The predicted molar refractivity (Wildman–Crippen MR) is 95.0 cm³/mol. The Morgan fingerprint density at radius 2 is 1.81 bits per heavy atom. The maximum absolute atomic E-state index is 12.3. The van der Waals surface area contributed by atoms with Crippen LogP contribution in [0.3, 0.4) is 0 Å². The number of anilines is 1. The second kappa shape index (κ2) is 5.51. The lowest BCUT2D eigenvalue weighted by Gasteiger charge is -2.22. The third kappa shape index (κ3) is 2.52. The average Bonchev–Trinajstić information content (AvgIpc) is 2.96. The van der Waals surface area contributed by atoms with Crippen LogP contribution < -0.4 is 4.90 Å². The van der Waals surface area contributed by atoms with Crippen LogP contribution in [0.5, 0.6) is 0 Å². The van der Waals surface area contributed by atoms with Crippen molar-refractivity contribution in [1.29, 1.82) is 0 Å². The summed E-state index contributed by atoms with van der Waals surface area (Å²) in [7, 11) is 1.72. The van der Waals surface area contributed by atoms with Gasteiger partial charge in [-0.15, -0.1) is 0 Å². The van der Waals surface area contributed by atoms with Crippen molar-refractivity contribution in [3.63, 3.8) is 0 Å². The zero-order chi connectivity index (χ0) is 15.1. The molecule has 108 valence electrons. The summed E-state index contributed by atoms with van der Waals surface area (Å²) in [4.78, 5) is 16.7. The maximum Gasteiger partial charge on any atom is 0.268 e. The number of hydrogen-bond acceptors (Lipinski definition) is 5. The van der Waals surface area contributed by atoms with Gasteiger partial charge in [-0.3, -0.25) is 9.69 Å². The first-order valence-electron chi connectivity index (χ1n) is 6.43. The van der Waals surface area contributed by atoms with Gasteiger partial charge in [0.25, 0.3) is 5.91 Å². The molecule has 0 bridgehead atoms. The first-order chi connectivity index (χ1) is 9.99. The fourth-order valence-corrected chi connectivity index (χ4v) is 4.48. The number of likely N-dealkylation sites (N-methyl/N-ethyl adjacent to an activating group) is 1. The molecule has 0 aliphatic carbocycles. The topological polar surface area (TPSA) is 23.6 Å². The molecule has 3 nitrogen and oxygen atoms in total. The summed E-state index contributed by atoms with van der Waals surface area (Å²) in [5.74, 6) is -0.0206. The number of aryl methyl sites for hydroxylation is 1. The Bertz CT molecular complexity index is 691. The summed E-state index contributed by atoms with van der Waals surface area (Å²) < 4.78 is 0.608. The number of nitrogens with zero attached hydrogens (tertiary/aromatic N) is 2. The van der Waals surface area contributed by atoms with Gasteiger partial charge in [-0.25, -0.2) is 0 Å². The molecule has 0 aromatic heterocycles. The molecule has 1 aromatic rings. The van der Waals surface area contributed by atoms with Gasteiger partial charge in [0, 0.05) is 18.4 Å². The minimum absolute atomic E-state index is 0.0206. The molecule has 1 aromatic carbocycles. The first-order valence-corrected chi connectivity index (χ1v) is 8.54. The van der Waals surface area contributed by atoms with Crippen molar-refractivity contribution in [2.24, 2.45) is 0 Å². The van der Waals surface area contributed by atoms with E-state index in [0.717, 1.165) is 16.4 Å². The number of carbonyl (C=O) groups is 1. The molecule has 3 rings (SSSR count). The van der Waals surface area contributed by atoms with Crippen LogP contribution in [0.4, 0.5) is 5.69 Å². The van der Waals surface area contributed by atoms with E-state index in [1.165, 1.54) is 22.2 Å². The molecule has 0 unspecified atom stereocenters. The molecule has 1 amide bonds. The van der Waals surface area contributed by atoms with Gasteiger partial charge < -0.3 is 4.90 Å². The van der Waals surface area contributed by atoms with E-state index in [-0.39, 0.29) is 5.91 Å². The Kier molecular flexibility index (Phi) is 3.86. The number of rotatable bonds is 1. The molecule has 0 N–H and O–H groups in total. The van der Waals surface area contributed by atoms with Crippen LogP contribution in [-0.2, 0) is 4.79 Å². The minimum Gasteiger partial charge on any atom is -0.307 e. The Labute approximate surface area is 138 Å². The van der Waals surface area contributed by atoms with E-state index >= 15 is 0 Å². The van der Waals surface area contributed by atoms with Crippen LogP contribution in [0.25, 0.3) is 0 Å². The van der Waals surface area contributed by atoms with Crippen molar-refractivity contribution in [3.8, 4) is 0 Å². The van der Waals surface area contributed by atoms with Crippen molar-refractivity contribution < 1.29 is 4.79 Å². The Hall–Kier alpha value is -1.24. The summed E-state index contributed by atoms with van der Waals surface area (Å²) in [5, 5.41) is 3.01. The van der Waals surface area contributed by atoms with Crippen LogP contribution in [0.2, 0.25) is 0 Å². The lowest BCUT2D eigenvalue weighted by molar-refractivity contribution is -0.121. The predicted octanol–water partition coefficient (Wildman–Crippen LogP) is 4.07. The number of carbonyl (C=O) groups excluding carboxylic acids is 1. The van der Waals surface area contributed by atoms with Crippen molar-refractivity contribution in [1.82, 2.24) is 4.90 Å². The standard InChI is InChI=1S/C15H14N2OS3/c1-9-4-6-11(7-5-9)17-10(2)8-20-14(17)12-13(18)16(3)15(19)21-12/h4-8H,1-3H3/b14-12+. The molecule has 0 radical (unpaired) electrons. The summed E-state index contributed by atoms with van der Waals surface area (Å²) in [6.45, 7) is 4.11. The second-order valence-corrected chi connectivity index (χ2v) is 7.42. The van der Waals surface area contributed by atoms with Crippen molar-refractivity contribution in [2.45, 2.75) is 13.8 Å². The van der Waals surface area contributed by atoms with Gasteiger partial charge in [-0.1, -0.05) is 53.4 Å². The minimum atomic E-state index is -0.0206. The highest BCUT2D eigenvalue weighted by Gasteiger charge is 2.35. The van der Waals surface area contributed by atoms with Gasteiger partial charge in [-0.05, 0) is 31.4 Å². The van der Waals surface area contributed by atoms with Crippen LogP contribution in [-0.4, -0.2) is 22.2 Å². The lowest BCUT2D eigenvalue weighted by Crippen LogP contribution is -2.24.